The van der Waals surface area contributed by atoms with Crippen LogP contribution in [-0.2, 0) is 14.8 Å². The third-order valence-corrected chi connectivity index (χ3v) is 3.92. The molecule has 1 amide bonds. The van der Waals surface area contributed by atoms with E-state index in [-0.39, 0.29) is 11.6 Å². The van der Waals surface area contributed by atoms with Gasteiger partial charge in [0.15, 0.2) is 4.90 Å². The van der Waals surface area contributed by atoms with Crippen LogP contribution in [0, 0.1) is 0 Å². The summed E-state index contributed by atoms with van der Waals surface area (Å²) in [5.41, 5.74) is -1.13. The van der Waals surface area contributed by atoms with Gasteiger partial charge in [-0.2, -0.15) is 0 Å². The second-order valence-corrected chi connectivity index (χ2v) is 5.95. The maximum Gasteiger partial charge on any atom is 0.325 e. The molecule has 0 aliphatic rings. The van der Waals surface area contributed by atoms with E-state index >= 15 is 0 Å². The van der Waals surface area contributed by atoms with E-state index in [1.807, 2.05) is 4.98 Å². The summed E-state index contributed by atoms with van der Waals surface area (Å²) in [4.78, 5) is 36.6. The molecule has 0 aliphatic carbocycles. The predicted molar refractivity (Wildman–Crippen MR) is 79.2 cm³/mol. The average molecular weight is 324 g/mol. The molecule has 10 heteroatoms. The molecule has 0 radical (unpaired) electrons. The summed E-state index contributed by atoms with van der Waals surface area (Å²) in [6, 6.07) is 5.83. The van der Waals surface area contributed by atoms with Gasteiger partial charge in [-0.1, -0.05) is 0 Å². The predicted octanol–water partition coefficient (Wildman–Crippen LogP) is -0.178. The molecule has 9 nitrogen and oxygen atoms in total. The molecule has 0 atom stereocenters. The van der Waals surface area contributed by atoms with Crippen LogP contribution in [0.3, 0.4) is 0 Å². The molecule has 1 aromatic carbocycles. The lowest BCUT2D eigenvalue weighted by molar-refractivity contribution is -0.114. The van der Waals surface area contributed by atoms with Gasteiger partial charge in [-0.15, -0.1) is 0 Å². The van der Waals surface area contributed by atoms with E-state index in [2.05, 4.69) is 15.0 Å². The zero-order valence-electron chi connectivity index (χ0n) is 11.3. The highest BCUT2D eigenvalue weighted by atomic mass is 32.2. The lowest BCUT2D eigenvalue weighted by Crippen LogP contribution is -2.29. The molecule has 116 valence electrons. The number of H-pyrrole nitrogens is 2. The number of rotatable bonds is 4. The van der Waals surface area contributed by atoms with Crippen molar-refractivity contribution in [3.63, 3.8) is 0 Å². The summed E-state index contributed by atoms with van der Waals surface area (Å²) < 4.78 is 26.3. The number of hydrogen-bond acceptors (Lipinski definition) is 5. The van der Waals surface area contributed by atoms with E-state index in [4.69, 9.17) is 0 Å². The fraction of sp³-hybridized carbons (Fsp3) is 0.0833. The minimum atomic E-state index is -4.15. The summed E-state index contributed by atoms with van der Waals surface area (Å²) in [6.45, 7) is 1.35. The number of sulfonamides is 1. The molecule has 22 heavy (non-hydrogen) atoms. The van der Waals surface area contributed by atoms with Gasteiger partial charge in [-0.25, -0.2) is 13.2 Å². The normalized spacial score (nSPS) is 11.0. The highest BCUT2D eigenvalue weighted by molar-refractivity contribution is 7.92. The van der Waals surface area contributed by atoms with E-state index in [1.165, 1.54) is 31.2 Å². The topological polar surface area (TPSA) is 141 Å². The highest BCUT2D eigenvalue weighted by Gasteiger charge is 2.18. The van der Waals surface area contributed by atoms with E-state index in [9.17, 15) is 22.8 Å². The van der Waals surface area contributed by atoms with Gasteiger partial charge in [0.25, 0.3) is 15.6 Å². The summed E-state index contributed by atoms with van der Waals surface area (Å²) >= 11 is 0. The minimum Gasteiger partial charge on any atom is -0.326 e. The van der Waals surface area contributed by atoms with E-state index in [0.29, 0.717) is 5.69 Å². The maximum absolute atomic E-state index is 12.1. The second kappa shape index (κ2) is 5.85. The molecular weight excluding hydrogens is 312 g/mol. The summed E-state index contributed by atoms with van der Waals surface area (Å²) in [6.07, 6.45) is 0.815. The molecule has 2 rings (SSSR count). The number of hydrogen-bond donors (Lipinski definition) is 4. The van der Waals surface area contributed by atoms with Crippen LogP contribution in [-0.4, -0.2) is 24.3 Å². The van der Waals surface area contributed by atoms with Gasteiger partial charge in [-0.3, -0.25) is 19.3 Å². The third kappa shape index (κ3) is 3.61. The fourth-order valence-corrected chi connectivity index (χ4v) is 2.70. The zero-order chi connectivity index (χ0) is 16.3. The smallest absolute Gasteiger partial charge is 0.325 e. The Hall–Kier alpha value is -2.88. The summed E-state index contributed by atoms with van der Waals surface area (Å²) in [5.74, 6) is -0.256. The van der Waals surface area contributed by atoms with Gasteiger partial charge in [0.2, 0.25) is 5.91 Å². The van der Waals surface area contributed by atoms with E-state index < -0.39 is 26.2 Å². The van der Waals surface area contributed by atoms with Crippen LogP contribution < -0.4 is 21.3 Å². The molecule has 0 bridgehead atoms. The lowest BCUT2D eigenvalue weighted by atomic mass is 10.3. The van der Waals surface area contributed by atoms with E-state index in [1.54, 1.807) is 0 Å². The first-order valence-corrected chi connectivity index (χ1v) is 7.49. The first-order chi connectivity index (χ1) is 10.3. The number of benzene rings is 1. The average Bonchev–Trinajstić information content (AvgIpc) is 2.39. The minimum absolute atomic E-state index is 0.194. The molecule has 0 saturated carbocycles. The molecule has 0 unspecified atom stereocenters. The van der Waals surface area contributed by atoms with Crippen molar-refractivity contribution in [3.05, 3.63) is 51.3 Å². The summed E-state index contributed by atoms with van der Waals surface area (Å²) in [7, 11) is -4.15. The first kappa shape index (κ1) is 15.5. The van der Waals surface area contributed by atoms with Crippen LogP contribution in [0.2, 0.25) is 0 Å². The number of aromatic amines is 2. The van der Waals surface area contributed by atoms with Gasteiger partial charge in [0.05, 0.1) is 0 Å². The van der Waals surface area contributed by atoms with Crippen molar-refractivity contribution < 1.29 is 13.2 Å². The van der Waals surface area contributed by atoms with Gasteiger partial charge in [-0.05, 0) is 24.3 Å². The van der Waals surface area contributed by atoms with Crippen LogP contribution in [0.15, 0.2) is 44.9 Å². The molecule has 0 saturated heterocycles. The fourth-order valence-electron chi connectivity index (χ4n) is 1.63. The monoisotopic (exact) mass is 324 g/mol. The van der Waals surface area contributed by atoms with Crippen molar-refractivity contribution in [2.24, 2.45) is 0 Å². The first-order valence-electron chi connectivity index (χ1n) is 6.00. The number of anilines is 2. The molecular formula is C12H12N4O5S. The van der Waals surface area contributed by atoms with Crippen LogP contribution in [0.25, 0.3) is 0 Å². The Morgan fingerprint density at radius 2 is 1.68 bits per heavy atom. The third-order valence-electron chi connectivity index (χ3n) is 2.53. The van der Waals surface area contributed by atoms with Crippen molar-refractivity contribution >= 4 is 27.3 Å². The largest absolute Gasteiger partial charge is 0.326 e. The van der Waals surface area contributed by atoms with Gasteiger partial charge in [0, 0.05) is 24.5 Å². The van der Waals surface area contributed by atoms with Gasteiger partial charge in [0.1, 0.15) is 0 Å². The lowest BCUT2D eigenvalue weighted by Gasteiger charge is -2.08. The van der Waals surface area contributed by atoms with Crippen molar-refractivity contribution in [2.45, 2.75) is 11.8 Å². The van der Waals surface area contributed by atoms with Crippen LogP contribution >= 0.6 is 0 Å². The van der Waals surface area contributed by atoms with Gasteiger partial charge < -0.3 is 10.3 Å². The Labute approximate surface area is 124 Å². The quantitative estimate of drug-likeness (QED) is 0.617. The number of carbonyl (C=O) groups is 1. The van der Waals surface area contributed by atoms with Crippen LogP contribution in [0.5, 0.6) is 0 Å². The Morgan fingerprint density at radius 3 is 2.23 bits per heavy atom. The Balaban J connectivity index is 2.27. The molecule has 0 fully saturated rings. The number of aromatic nitrogens is 2. The van der Waals surface area contributed by atoms with Crippen molar-refractivity contribution in [1.29, 1.82) is 0 Å². The van der Waals surface area contributed by atoms with Crippen molar-refractivity contribution in [2.75, 3.05) is 10.0 Å². The molecule has 1 heterocycles. The maximum atomic E-state index is 12.1. The summed E-state index contributed by atoms with van der Waals surface area (Å²) in [5, 5.41) is 2.53. The van der Waals surface area contributed by atoms with Gasteiger partial charge >= 0.3 is 5.69 Å². The van der Waals surface area contributed by atoms with Crippen molar-refractivity contribution in [3.8, 4) is 0 Å². The standard InChI is InChI=1S/C12H12N4O5S/c1-7(17)14-8-2-4-9(5-3-8)16-22(20,21)10-6-13-12(19)15-11(10)18/h2-6,16H,1H3,(H,14,17)(H2,13,15,18,19). The Kier molecular flexibility index (Phi) is 4.13. The molecule has 0 aliphatic heterocycles. The van der Waals surface area contributed by atoms with E-state index in [0.717, 1.165) is 6.20 Å². The Bertz CT molecular complexity index is 912. The highest BCUT2D eigenvalue weighted by Crippen LogP contribution is 2.16. The van der Waals surface area contributed by atoms with Crippen LogP contribution in [0.1, 0.15) is 6.92 Å². The molecule has 1 aromatic heterocycles. The number of carbonyl (C=O) groups excluding carboxylic acids is 1. The SMILES string of the molecule is CC(=O)Nc1ccc(NS(=O)(=O)c2c[nH]c(=O)[nH]c2=O)cc1. The number of nitrogens with one attached hydrogen (secondary N) is 4. The molecule has 0 spiro atoms. The van der Waals surface area contributed by atoms with Crippen LogP contribution in [0.4, 0.5) is 11.4 Å². The molecule has 2 aromatic rings. The zero-order valence-corrected chi connectivity index (χ0v) is 12.2. The number of amides is 1. The Morgan fingerprint density at radius 1 is 1.09 bits per heavy atom. The van der Waals surface area contributed by atoms with Crippen molar-refractivity contribution in [1.82, 2.24) is 9.97 Å². The molecule has 4 N–H and O–H groups in total. The second-order valence-electron chi connectivity index (χ2n) is 4.30.